The minimum atomic E-state index is 0.212. The van der Waals surface area contributed by atoms with Crippen LogP contribution in [0.15, 0.2) is 18.7 Å². The third-order valence-corrected chi connectivity index (χ3v) is 2.06. The van der Waals surface area contributed by atoms with Gasteiger partial charge in [0.25, 0.3) is 0 Å². The van der Waals surface area contributed by atoms with Crippen LogP contribution >= 0.6 is 0 Å². The van der Waals surface area contributed by atoms with E-state index in [1.807, 2.05) is 18.7 Å². The lowest BCUT2D eigenvalue weighted by atomic mass is 10.1. The summed E-state index contributed by atoms with van der Waals surface area (Å²) in [6.07, 6.45) is 5.70. The molecule has 1 heterocycles. The minimum absolute atomic E-state index is 0.212. The Morgan fingerprint density at radius 2 is 2.14 bits per heavy atom. The van der Waals surface area contributed by atoms with E-state index < -0.39 is 0 Å². The van der Waals surface area contributed by atoms with Crippen molar-refractivity contribution in [3.05, 3.63) is 18.7 Å². The molecular formula is C11H21N3. The van der Waals surface area contributed by atoms with Gasteiger partial charge in [0.2, 0.25) is 0 Å². The van der Waals surface area contributed by atoms with Crippen molar-refractivity contribution in [3.63, 3.8) is 0 Å². The van der Waals surface area contributed by atoms with E-state index in [4.69, 9.17) is 0 Å². The normalized spacial score (nSPS) is 14.3. The zero-order valence-corrected chi connectivity index (χ0v) is 9.62. The van der Waals surface area contributed by atoms with Crippen LogP contribution in [-0.4, -0.2) is 21.6 Å². The molecule has 1 rings (SSSR count). The fourth-order valence-electron chi connectivity index (χ4n) is 1.30. The molecule has 0 saturated carbocycles. The quantitative estimate of drug-likeness (QED) is 0.795. The summed E-state index contributed by atoms with van der Waals surface area (Å²) in [7, 11) is 0. The molecule has 0 fully saturated rings. The molecule has 1 N–H and O–H groups in total. The van der Waals surface area contributed by atoms with Crippen LogP contribution in [0.4, 0.5) is 0 Å². The monoisotopic (exact) mass is 195 g/mol. The number of imidazole rings is 1. The van der Waals surface area contributed by atoms with Crippen LogP contribution in [0.3, 0.4) is 0 Å². The van der Waals surface area contributed by atoms with Gasteiger partial charge >= 0.3 is 0 Å². The second-order valence-electron chi connectivity index (χ2n) is 5.00. The fraction of sp³-hybridized carbons (Fsp3) is 0.727. The van der Waals surface area contributed by atoms with Crippen molar-refractivity contribution in [2.45, 2.75) is 39.8 Å². The molecule has 3 nitrogen and oxygen atoms in total. The third kappa shape index (κ3) is 4.42. The Morgan fingerprint density at radius 3 is 2.64 bits per heavy atom. The van der Waals surface area contributed by atoms with Gasteiger partial charge in [-0.05, 0) is 33.2 Å². The topological polar surface area (TPSA) is 29.9 Å². The average molecular weight is 195 g/mol. The van der Waals surface area contributed by atoms with Gasteiger partial charge in [0, 0.05) is 24.5 Å². The third-order valence-electron chi connectivity index (χ3n) is 2.06. The summed E-state index contributed by atoms with van der Waals surface area (Å²) in [6, 6.07) is 0. The molecule has 80 valence electrons. The summed E-state index contributed by atoms with van der Waals surface area (Å²) in [4.78, 5) is 4.03. The van der Waals surface area contributed by atoms with Crippen molar-refractivity contribution in [3.8, 4) is 0 Å². The molecule has 0 amide bonds. The highest BCUT2D eigenvalue weighted by Crippen LogP contribution is 2.03. The molecule has 0 spiro atoms. The molecule has 1 aromatic rings. The van der Waals surface area contributed by atoms with Crippen molar-refractivity contribution in [1.82, 2.24) is 14.9 Å². The van der Waals surface area contributed by atoms with Gasteiger partial charge in [-0.15, -0.1) is 0 Å². The van der Waals surface area contributed by atoms with Crippen LogP contribution in [0.1, 0.15) is 27.7 Å². The predicted molar refractivity (Wildman–Crippen MR) is 59.1 cm³/mol. The zero-order chi connectivity index (χ0) is 10.6. The highest BCUT2D eigenvalue weighted by molar-refractivity contribution is 4.77. The first-order valence-electron chi connectivity index (χ1n) is 5.18. The molecule has 3 heteroatoms. The number of nitrogens with zero attached hydrogens (tertiary/aromatic N) is 2. The second-order valence-corrected chi connectivity index (χ2v) is 5.00. The average Bonchev–Trinajstić information content (AvgIpc) is 2.52. The van der Waals surface area contributed by atoms with Gasteiger partial charge in [0.15, 0.2) is 0 Å². The molecule has 14 heavy (non-hydrogen) atoms. The van der Waals surface area contributed by atoms with Crippen LogP contribution in [0.2, 0.25) is 0 Å². The fourth-order valence-corrected chi connectivity index (χ4v) is 1.30. The first-order valence-corrected chi connectivity index (χ1v) is 5.18. The van der Waals surface area contributed by atoms with Crippen LogP contribution in [0.25, 0.3) is 0 Å². The van der Waals surface area contributed by atoms with E-state index in [0.29, 0.717) is 5.92 Å². The SMILES string of the molecule is CC(CNC(C)(C)C)Cn1ccnc1. The van der Waals surface area contributed by atoms with E-state index in [0.717, 1.165) is 13.1 Å². The van der Waals surface area contributed by atoms with Crippen molar-refractivity contribution in [2.75, 3.05) is 6.54 Å². The minimum Gasteiger partial charge on any atom is -0.337 e. The summed E-state index contributed by atoms with van der Waals surface area (Å²) >= 11 is 0. The van der Waals surface area contributed by atoms with E-state index in [2.05, 4.69) is 42.6 Å². The summed E-state index contributed by atoms with van der Waals surface area (Å²) in [5, 5.41) is 3.50. The van der Waals surface area contributed by atoms with Gasteiger partial charge in [-0.1, -0.05) is 6.92 Å². The van der Waals surface area contributed by atoms with Crippen LogP contribution in [0, 0.1) is 5.92 Å². The first kappa shape index (κ1) is 11.2. The van der Waals surface area contributed by atoms with E-state index >= 15 is 0 Å². The van der Waals surface area contributed by atoms with E-state index in [1.165, 1.54) is 0 Å². The van der Waals surface area contributed by atoms with Gasteiger partial charge < -0.3 is 9.88 Å². The van der Waals surface area contributed by atoms with Gasteiger partial charge in [-0.25, -0.2) is 4.98 Å². The first-order chi connectivity index (χ1) is 6.47. The maximum absolute atomic E-state index is 4.03. The molecule has 1 unspecified atom stereocenters. The lowest BCUT2D eigenvalue weighted by Gasteiger charge is -2.23. The van der Waals surface area contributed by atoms with Crippen molar-refractivity contribution in [2.24, 2.45) is 5.92 Å². The smallest absolute Gasteiger partial charge is 0.0946 e. The summed E-state index contributed by atoms with van der Waals surface area (Å²) in [5.41, 5.74) is 0.212. The number of rotatable bonds is 4. The van der Waals surface area contributed by atoms with Crippen molar-refractivity contribution < 1.29 is 0 Å². The van der Waals surface area contributed by atoms with Crippen LogP contribution < -0.4 is 5.32 Å². The lowest BCUT2D eigenvalue weighted by molar-refractivity contribution is 0.360. The van der Waals surface area contributed by atoms with Gasteiger partial charge in [-0.3, -0.25) is 0 Å². The van der Waals surface area contributed by atoms with Crippen LogP contribution in [0.5, 0.6) is 0 Å². The summed E-state index contributed by atoms with van der Waals surface area (Å²) < 4.78 is 2.12. The van der Waals surface area contributed by atoms with E-state index in [-0.39, 0.29) is 5.54 Å². The van der Waals surface area contributed by atoms with Gasteiger partial charge in [-0.2, -0.15) is 0 Å². The molecule has 0 saturated heterocycles. The number of aromatic nitrogens is 2. The number of hydrogen-bond donors (Lipinski definition) is 1. The van der Waals surface area contributed by atoms with Crippen molar-refractivity contribution >= 4 is 0 Å². The lowest BCUT2D eigenvalue weighted by Crippen LogP contribution is -2.39. The van der Waals surface area contributed by atoms with E-state index in [9.17, 15) is 0 Å². The Hall–Kier alpha value is -0.830. The van der Waals surface area contributed by atoms with E-state index in [1.54, 1.807) is 0 Å². The molecule has 1 atom stereocenters. The molecule has 0 aliphatic rings. The molecule has 0 bridgehead atoms. The van der Waals surface area contributed by atoms with Crippen LogP contribution in [-0.2, 0) is 6.54 Å². The molecule has 0 aromatic carbocycles. The second kappa shape index (κ2) is 4.60. The summed E-state index contributed by atoms with van der Waals surface area (Å²) in [6.45, 7) is 10.9. The molecule has 0 aliphatic carbocycles. The zero-order valence-electron chi connectivity index (χ0n) is 9.62. The molecule has 1 aromatic heterocycles. The van der Waals surface area contributed by atoms with Gasteiger partial charge in [0.1, 0.15) is 0 Å². The van der Waals surface area contributed by atoms with Crippen molar-refractivity contribution in [1.29, 1.82) is 0 Å². The highest BCUT2D eigenvalue weighted by atomic mass is 15.0. The Morgan fingerprint density at radius 1 is 1.43 bits per heavy atom. The Kier molecular flexibility index (Phi) is 3.69. The Labute approximate surface area is 86.5 Å². The maximum Gasteiger partial charge on any atom is 0.0946 e. The number of nitrogens with one attached hydrogen (secondary N) is 1. The largest absolute Gasteiger partial charge is 0.337 e. The molecule has 0 radical (unpaired) electrons. The Bertz CT molecular complexity index is 246. The predicted octanol–water partition coefficient (Wildman–Crippen LogP) is 1.91. The summed E-state index contributed by atoms with van der Waals surface area (Å²) in [5.74, 6) is 0.628. The number of hydrogen-bond acceptors (Lipinski definition) is 2. The highest BCUT2D eigenvalue weighted by Gasteiger charge is 2.10. The maximum atomic E-state index is 4.03. The Balaban J connectivity index is 2.26. The molecular weight excluding hydrogens is 174 g/mol. The standard InChI is InChI=1S/C11H21N3/c1-10(7-13-11(2,3)4)8-14-6-5-12-9-14/h5-6,9-10,13H,7-8H2,1-4H3. The van der Waals surface area contributed by atoms with Gasteiger partial charge in [0.05, 0.1) is 6.33 Å². The molecule has 0 aliphatic heterocycles.